The molecule has 1 aliphatic rings. The first kappa shape index (κ1) is 10.6. The van der Waals surface area contributed by atoms with E-state index < -0.39 is 0 Å². The third-order valence-corrected chi connectivity index (χ3v) is 3.13. The van der Waals surface area contributed by atoms with Gasteiger partial charge in [0.15, 0.2) is 0 Å². The summed E-state index contributed by atoms with van der Waals surface area (Å²) in [6.07, 6.45) is 6.51. The van der Waals surface area contributed by atoms with Crippen molar-refractivity contribution >= 4 is 0 Å². The van der Waals surface area contributed by atoms with Gasteiger partial charge in [-0.15, -0.1) is 0 Å². The van der Waals surface area contributed by atoms with Crippen LogP contribution in [0.4, 0.5) is 0 Å². The van der Waals surface area contributed by atoms with Gasteiger partial charge in [0, 0.05) is 19.7 Å². The molecular formula is C11H19N3O. The summed E-state index contributed by atoms with van der Waals surface area (Å²) >= 11 is 0. The van der Waals surface area contributed by atoms with Crippen LogP contribution >= 0.6 is 0 Å². The zero-order chi connectivity index (χ0) is 10.7. The molecule has 2 N–H and O–H groups in total. The van der Waals surface area contributed by atoms with Gasteiger partial charge in [0.1, 0.15) is 0 Å². The molecule has 0 amide bonds. The number of hydrogen-bond donors (Lipinski definition) is 2. The second kappa shape index (κ2) is 4.77. The van der Waals surface area contributed by atoms with Crippen LogP contribution in [-0.4, -0.2) is 34.1 Å². The molecule has 2 rings (SSSR count). The fourth-order valence-corrected chi connectivity index (χ4v) is 2.21. The maximum Gasteiger partial charge on any atom is 0.0610 e. The van der Waals surface area contributed by atoms with Gasteiger partial charge in [0.25, 0.3) is 0 Å². The van der Waals surface area contributed by atoms with Gasteiger partial charge >= 0.3 is 0 Å². The van der Waals surface area contributed by atoms with Crippen LogP contribution in [0.2, 0.25) is 0 Å². The average Bonchev–Trinajstić information content (AvgIpc) is 2.65. The van der Waals surface area contributed by atoms with Crippen molar-refractivity contribution in [2.24, 2.45) is 13.0 Å². The van der Waals surface area contributed by atoms with E-state index in [-0.39, 0.29) is 6.10 Å². The van der Waals surface area contributed by atoms with Gasteiger partial charge in [-0.05, 0) is 37.4 Å². The summed E-state index contributed by atoms with van der Waals surface area (Å²) in [5.41, 5.74) is 1.13. The summed E-state index contributed by atoms with van der Waals surface area (Å²) in [5.74, 6) is 0.450. The number of nitrogens with one attached hydrogen (secondary N) is 1. The Hall–Kier alpha value is -0.870. The molecule has 0 aromatic carbocycles. The third-order valence-electron chi connectivity index (χ3n) is 3.13. The third kappa shape index (κ3) is 2.79. The normalized spacial score (nSPS) is 20.4. The Labute approximate surface area is 90.3 Å². The van der Waals surface area contributed by atoms with E-state index in [1.54, 1.807) is 4.68 Å². The molecule has 0 saturated carbocycles. The molecule has 1 unspecified atom stereocenters. The van der Waals surface area contributed by atoms with E-state index in [0.29, 0.717) is 5.92 Å². The zero-order valence-electron chi connectivity index (χ0n) is 9.19. The maximum absolute atomic E-state index is 10.1. The molecule has 15 heavy (non-hydrogen) atoms. The summed E-state index contributed by atoms with van der Waals surface area (Å²) in [7, 11) is 1.90. The molecule has 1 saturated heterocycles. The largest absolute Gasteiger partial charge is 0.392 e. The highest BCUT2D eigenvalue weighted by Crippen LogP contribution is 2.19. The quantitative estimate of drug-likeness (QED) is 0.754. The van der Waals surface area contributed by atoms with Crippen LogP contribution in [-0.2, 0) is 13.5 Å². The monoisotopic (exact) mass is 209 g/mol. The standard InChI is InChI=1S/C11H19N3O/c1-14-8-9(7-13-14)6-11(15)10-2-4-12-5-3-10/h7-8,10-12,15H,2-6H2,1H3. The van der Waals surface area contributed by atoms with Gasteiger partial charge in [-0.25, -0.2) is 0 Å². The first-order valence-corrected chi connectivity index (χ1v) is 5.62. The fraction of sp³-hybridized carbons (Fsp3) is 0.727. The zero-order valence-corrected chi connectivity index (χ0v) is 9.19. The highest BCUT2D eigenvalue weighted by Gasteiger charge is 2.21. The summed E-state index contributed by atoms with van der Waals surface area (Å²) in [5, 5.41) is 17.5. The number of aliphatic hydroxyl groups excluding tert-OH is 1. The van der Waals surface area contributed by atoms with E-state index in [2.05, 4.69) is 10.4 Å². The van der Waals surface area contributed by atoms with E-state index in [1.807, 2.05) is 19.4 Å². The second-order valence-corrected chi connectivity index (χ2v) is 4.38. The predicted molar refractivity (Wildman–Crippen MR) is 58.5 cm³/mol. The van der Waals surface area contributed by atoms with Crippen molar-refractivity contribution in [2.45, 2.75) is 25.4 Å². The summed E-state index contributed by atoms with van der Waals surface area (Å²) < 4.78 is 1.78. The first-order valence-electron chi connectivity index (χ1n) is 5.62. The Morgan fingerprint density at radius 2 is 2.33 bits per heavy atom. The molecule has 0 spiro atoms. The lowest BCUT2D eigenvalue weighted by Crippen LogP contribution is -2.34. The minimum atomic E-state index is -0.212. The molecule has 0 bridgehead atoms. The lowest BCUT2D eigenvalue weighted by molar-refractivity contribution is 0.0890. The van der Waals surface area contributed by atoms with E-state index in [9.17, 15) is 5.11 Å². The van der Waals surface area contributed by atoms with E-state index in [4.69, 9.17) is 0 Å². The summed E-state index contributed by atoms with van der Waals surface area (Å²) in [4.78, 5) is 0. The molecule has 1 aliphatic heterocycles. The smallest absolute Gasteiger partial charge is 0.0610 e. The molecule has 1 fully saturated rings. The number of aromatic nitrogens is 2. The van der Waals surface area contributed by atoms with Crippen molar-refractivity contribution < 1.29 is 5.11 Å². The van der Waals surface area contributed by atoms with Gasteiger partial charge in [0.05, 0.1) is 12.3 Å². The molecule has 4 heteroatoms. The number of hydrogen-bond acceptors (Lipinski definition) is 3. The van der Waals surface area contributed by atoms with Crippen LogP contribution in [0.1, 0.15) is 18.4 Å². The van der Waals surface area contributed by atoms with Gasteiger partial charge in [-0.2, -0.15) is 5.10 Å². The van der Waals surface area contributed by atoms with E-state index >= 15 is 0 Å². The summed E-state index contributed by atoms with van der Waals surface area (Å²) in [6, 6.07) is 0. The minimum Gasteiger partial charge on any atom is -0.392 e. The van der Waals surface area contributed by atoms with Crippen LogP contribution in [0.3, 0.4) is 0 Å². The molecule has 4 nitrogen and oxygen atoms in total. The second-order valence-electron chi connectivity index (χ2n) is 4.38. The van der Waals surface area contributed by atoms with E-state index in [1.165, 1.54) is 0 Å². The van der Waals surface area contributed by atoms with Crippen molar-refractivity contribution in [1.82, 2.24) is 15.1 Å². The molecule has 0 radical (unpaired) electrons. The van der Waals surface area contributed by atoms with Crippen LogP contribution in [0.5, 0.6) is 0 Å². The van der Waals surface area contributed by atoms with Crippen LogP contribution in [0.25, 0.3) is 0 Å². The number of nitrogens with zero attached hydrogens (tertiary/aromatic N) is 2. The maximum atomic E-state index is 10.1. The van der Waals surface area contributed by atoms with Crippen LogP contribution in [0.15, 0.2) is 12.4 Å². The topological polar surface area (TPSA) is 50.1 Å². The lowest BCUT2D eigenvalue weighted by Gasteiger charge is -2.26. The minimum absolute atomic E-state index is 0.212. The number of aliphatic hydroxyl groups is 1. The SMILES string of the molecule is Cn1cc(CC(O)C2CCNCC2)cn1. The number of rotatable bonds is 3. The Morgan fingerprint density at radius 1 is 1.60 bits per heavy atom. The number of piperidine rings is 1. The number of aryl methyl sites for hydroxylation is 1. The van der Waals surface area contributed by atoms with Crippen molar-refractivity contribution in [1.29, 1.82) is 0 Å². The summed E-state index contributed by atoms with van der Waals surface area (Å²) in [6.45, 7) is 2.07. The molecule has 84 valence electrons. The van der Waals surface area contributed by atoms with Crippen LogP contribution < -0.4 is 5.32 Å². The van der Waals surface area contributed by atoms with Gasteiger partial charge in [0.2, 0.25) is 0 Å². The Balaban J connectivity index is 1.88. The van der Waals surface area contributed by atoms with Crippen molar-refractivity contribution in [3.05, 3.63) is 18.0 Å². The highest BCUT2D eigenvalue weighted by molar-refractivity contribution is 5.05. The van der Waals surface area contributed by atoms with Gasteiger partial charge < -0.3 is 10.4 Å². The molecular weight excluding hydrogens is 190 g/mol. The molecule has 1 aromatic rings. The Kier molecular flexibility index (Phi) is 3.38. The highest BCUT2D eigenvalue weighted by atomic mass is 16.3. The average molecular weight is 209 g/mol. The first-order chi connectivity index (χ1) is 7.25. The van der Waals surface area contributed by atoms with Crippen molar-refractivity contribution in [3.63, 3.8) is 0 Å². The van der Waals surface area contributed by atoms with Gasteiger partial charge in [-0.1, -0.05) is 0 Å². The molecule has 1 aromatic heterocycles. The van der Waals surface area contributed by atoms with Crippen molar-refractivity contribution in [2.75, 3.05) is 13.1 Å². The molecule has 1 atom stereocenters. The van der Waals surface area contributed by atoms with Gasteiger partial charge in [-0.3, -0.25) is 4.68 Å². The van der Waals surface area contributed by atoms with Crippen LogP contribution in [0, 0.1) is 5.92 Å². The molecule has 0 aliphatic carbocycles. The van der Waals surface area contributed by atoms with Crippen molar-refractivity contribution in [3.8, 4) is 0 Å². The van der Waals surface area contributed by atoms with E-state index in [0.717, 1.165) is 37.9 Å². The lowest BCUT2D eigenvalue weighted by atomic mass is 9.89. The predicted octanol–water partition coefficient (Wildman–Crippen LogP) is 0.323. The molecule has 2 heterocycles. The Bertz CT molecular complexity index is 305. The fourth-order valence-electron chi connectivity index (χ4n) is 2.21. The Morgan fingerprint density at radius 3 is 2.93 bits per heavy atom.